The molecule has 1 saturated heterocycles. The van der Waals surface area contributed by atoms with Crippen molar-refractivity contribution in [2.45, 2.75) is 19.3 Å². The van der Waals surface area contributed by atoms with Crippen LogP contribution in [0.5, 0.6) is 0 Å². The van der Waals surface area contributed by atoms with E-state index < -0.39 is 0 Å². The highest BCUT2D eigenvalue weighted by Crippen LogP contribution is 2.29. The predicted octanol–water partition coefficient (Wildman–Crippen LogP) is 3.75. The maximum Gasteiger partial charge on any atom is 0.195 e. The van der Waals surface area contributed by atoms with Crippen molar-refractivity contribution in [2.75, 3.05) is 17.2 Å². The van der Waals surface area contributed by atoms with Crippen LogP contribution in [0.4, 0.5) is 5.69 Å². The molecule has 1 fully saturated rings. The second-order valence-electron chi connectivity index (χ2n) is 4.71. The summed E-state index contributed by atoms with van der Waals surface area (Å²) in [5.74, 6) is 4.02. The van der Waals surface area contributed by atoms with Crippen molar-refractivity contribution in [2.24, 2.45) is 5.92 Å². The Kier molecular flexibility index (Phi) is 3.39. The van der Waals surface area contributed by atoms with Crippen LogP contribution in [-0.2, 0) is 6.42 Å². The van der Waals surface area contributed by atoms with Gasteiger partial charge >= 0.3 is 0 Å². The molecule has 0 aliphatic carbocycles. The number of nitrogens with zero attached hydrogens (tertiary/aromatic N) is 1. The first kappa shape index (κ1) is 12.2. The lowest BCUT2D eigenvalue weighted by atomic mass is 9.99. The molecule has 0 spiro atoms. The topological polar surface area (TPSA) is 52.0 Å². The molecule has 1 aromatic carbocycles. The van der Waals surface area contributed by atoms with Crippen molar-refractivity contribution < 1.29 is 4.42 Å². The summed E-state index contributed by atoms with van der Waals surface area (Å²) >= 11 is 8.01. The van der Waals surface area contributed by atoms with E-state index in [1.165, 1.54) is 24.3 Å². The minimum absolute atomic E-state index is 0.538. The van der Waals surface area contributed by atoms with Crippen molar-refractivity contribution in [3.8, 4) is 0 Å². The molecule has 1 aromatic heterocycles. The Balaban J connectivity index is 1.84. The molecule has 3 nitrogen and oxygen atoms in total. The van der Waals surface area contributed by atoms with Gasteiger partial charge < -0.3 is 10.2 Å². The largest absolute Gasteiger partial charge is 0.441 e. The van der Waals surface area contributed by atoms with E-state index >= 15 is 0 Å². The third-order valence-corrected chi connectivity index (χ3v) is 4.73. The minimum Gasteiger partial charge on any atom is -0.441 e. The Labute approximate surface area is 115 Å². The number of benzene rings is 1. The van der Waals surface area contributed by atoms with Crippen LogP contribution < -0.4 is 5.73 Å². The molecule has 0 atom stereocenters. The smallest absolute Gasteiger partial charge is 0.195 e. The highest BCUT2D eigenvalue weighted by molar-refractivity contribution is 7.99. The number of nitrogen functional groups attached to an aromatic ring is 1. The van der Waals surface area contributed by atoms with E-state index in [0.717, 1.165) is 23.4 Å². The number of thioether (sulfide) groups is 1. The summed E-state index contributed by atoms with van der Waals surface area (Å²) in [6.45, 7) is 0. The van der Waals surface area contributed by atoms with Crippen molar-refractivity contribution in [3.05, 3.63) is 23.0 Å². The lowest BCUT2D eigenvalue weighted by molar-refractivity contribution is 0.421. The van der Waals surface area contributed by atoms with E-state index in [1.54, 1.807) is 12.1 Å². The number of rotatable bonds is 2. The Morgan fingerprint density at radius 3 is 2.94 bits per heavy atom. The maximum absolute atomic E-state index is 5.98. The molecule has 96 valence electrons. The predicted molar refractivity (Wildman–Crippen MR) is 77.2 cm³/mol. The third kappa shape index (κ3) is 2.45. The average molecular weight is 283 g/mol. The quantitative estimate of drug-likeness (QED) is 0.853. The Morgan fingerprint density at radius 1 is 1.39 bits per heavy atom. The molecular weight excluding hydrogens is 268 g/mol. The molecule has 0 saturated carbocycles. The average Bonchev–Trinajstić information content (AvgIpc) is 2.72. The van der Waals surface area contributed by atoms with E-state index in [0.29, 0.717) is 16.6 Å². The highest BCUT2D eigenvalue weighted by atomic mass is 35.5. The van der Waals surface area contributed by atoms with Crippen molar-refractivity contribution in [3.63, 3.8) is 0 Å². The van der Waals surface area contributed by atoms with E-state index in [2.05, 4.69) is 4.98 Å². The van der Waals surface area contributed by atoms with Crippen molar-refractivity contribution >= 4 is 40.1 Å². The molecule has 1 aliphatic heterocycles. The summed E-state index contributed by atoms with van der Waals surface area (Å²) in [6, 6.07) is 3.53. The van der Waals surface area contributed by atoms with Crippen LogP contribution in [0.15, 0.2) is 16.5 Å². The molecular formula is C13H15ClN2OS. The van der Waals surface area contributed by atoms with Crippen LogP contribution in [0, 0.1) is 5.92 Å². The molecule has 0 bridgehead atoms. The number of anilines is 1. The zero-order valence-corrected chi connectivity index (χ0v) is 11.6. The molecule has 2 aromatic rings. The van der Waals surface area contributed by atoms with Crippen molar-refractivity contribution in [1.82, 2.24) is 4.98 Å². The van der Waals surface area contributed by atoms with Crippen LogP contribution >= 0.6 is 23.4 Å². The maximum atomic E-state index is 5.98. The highest BCUT2D eigenvalue weighted by Gasteiger charge is 2.17. The van der Waals surface area contributed by atoms with Crippen LogP contribution in [-0.4, -0.2) is 16.5 Å². The Morgan fingerprint density at radius 2 is 2.17 bits per heavy atom. The van der Waals surface area contributed by atoms with Gasteiger partial charge in [-0.2, -0.15) is 11.8 Å². The van der Waals surface area contributed by atoms with Gasteiger partial charge in [-0.3, -0.25) is 0 Å². The first-order valence-corrected chi connectivity index (χ1v) is 7.68. The summed E-state index contributed by atoms with van der Waals surface area (Å²) in [7, 11) is 0. The molecule has 18 heavy (non-hydrogen) atoms. The fraction of sp³-hybridized carbons (Fsp3) is 0.462. The number of halogens is 1. The van der Waals surface area contributed by atoms with Crippen LogP contribution in [0.3, 0.4) is 0 Å². The molecule has 0 unspecified atom stereocenters. The number of hydrogen-bond acceptors (Lipinski definition) is 4. The fourth-order valence-corrected chi connectivity index (χ4v) is 3.66. The zero-order chi connectivity index (χ0) is 12.5. The van der Waals surface area contributed by atoms with Gasteiger partial charge in [0.05, 0.1) is 10.7 Å². The van der Waals surface area contributed by atoms with Gasteiger partial charge in [-0.25, -0.2) is 4.98 Å². The van der Waals surface area contributed by atoms with E-state index in [9.17, 15) is 0 Å². The van der Waals surface area contributed by atoms with Crippen molar-refractivity contribution in [1.29, 1.82) is 0 Å². The third-order valence-electron chi connectivity index (χ3n) is 3.36. The molecule has 2 N–H and O–H groups in total. The lowest BCUT2D eigenvalue weighted by Gasteiger charge is -2.19. The number of nitrogens with two attached hydrogens (primary N) is 1. The molecule has 0 amide bonds. The molecule has 3 rings (SSSR count). The van der Waals surface area contributed by atoms with E-state index in [4.69, 9.17) is 21.8 Å². The number of aromatic nitrogens is 1. The van der Waals surface area contributed by atoms with Gasteiger partial charge in [0.2, 0.25) is 0 Å². The Hall–Kier alpha value is -0.870. The van der Waals surface area contributed by atoms with Gasteiger partial charge in [0.25, 0.3) is 0 Å². The second kappa shape index (κ2) is 5.02. The second-order valence-corrected chi connectivity index (χ2v) is 6.34. The SMILES string of the molecule is Nc1cc2oc(CC3CCSCC3)nc2cc1Cl. The standard InChI is InChI=1S/C13H15ClN2OS/c14-9-6-11-12(7-10(9)15)17-13(16-11)5-8-1-3-18-4-2-8/h6-8H,1-5,15H2. The van der Waals surface area contributed by atoms with Gasteiger partial charge in [0.15, 0.2) is 11.5 Å². The molecule has 5 heteroatoms. The lowest BCUT2D eigenvalue weighted by Crippen LogP contribution is -2.12. The van der Waals surface area contributed by atoms with Gasteiger partial charge in [0, 0.05) is 12.5 Å². The van der Waals surface area contributed by atoms with Crippen LogP contribution in [0.1, 0.15) is 18.7 Å². The first-order valence-electron chi connectivity index (χ1n) is 6.14. The first-order chi connectivity index (χ1) is 8.72. The van der Waals surface area contributed by atoms with Gasteiger partial charge in [0.1, 0.15) is 5.52 Å². The van der Waals surface area contributed by atoms with Crippen LogP contribution in [0.25, 0.3) is 11.1 Å². The summed E-state index contributed by atoms with van der Waals surface area (Å²) in [5.41, 5.74) is 7.83. The van der Waals surface area contributed by atoms with Gasteiger partial charge in [-0.15, -0.1) is 0 Å². The fourth-order valence-electron chi connectivity index (χ4n) is 2.30. The number of hydrogen-bond donors (Lipinski definition) is 1. The number of oxazole rings is 1. The molecule has 0 radical (unpaired) electrons. The monoisotopic (exact) mass is 282 g/mol. The Bertz CT molecular complexity index is 524. The van der Waals surface area contributed by atoms with Gasteiger partial charge in [-0.05, 0) is 36.3 Å². The van der Waals surface area contributed by atoms with E-state index in [-0.39, 0.29) is 0 Å². The molecule has 2 heterocycles. The summed E-state index contributed by atoms with van der Waals surface area (Å²) in [5, 5.41) is 0.538. The summed E-state index contributed by atoms with van der Waals surface area (Å²) in [6.07, 6.45) is 3.44. The molecule has 1 aliphatic rings. The van der Waals surface area contributed by atoms with E-state index in [1.807, 2.05) is 11.8 Å². The summed E-state index contributed by atoms with van der Waals surface area (Å²) in [4.78, 5) is 4.50. The number of fused-ring (bicyclic) bond motifs is 1. The van der Waals surface area contributed by atoms with Gasteiger partial charge in [-0.1, -0.05) is 11.6 Å². The minimum atomic E-state index is 0.538. The normalized spacial score (nSPS) is 17.4. The zero-order valence-electron chi connectivity index (χ0n) is 9.99. The summed E-state index contributed by atoms with van der Waals surface area (Å²) < 4.78 is 5.75. The van der Waals surface area contributed by atoms with Crippen LogP contribution in [0.2, 0.25) is 5.02 Å².